The molecule has 1 heterocycles. The van der Waals surface area contributed by atoms with Gasteiger partial charge in [0.2, 0.25) is 0 Å². The molecule has 0 atom stereocenters. The molecule has 0 unspecified atom stereocenters. The molecule has 0 amide bonds. The fraction of sp³-hybridized carbons (Fsp3) is 0.714. The van der Waals surface area contributed by atoms with Gasteiger partial charge in [-0.1, -0.05) is 38.2 Å². The molecule has 3 heteroatoms. The van der Waals surface area contributed by atoms with E-state index in [4.69, 9.17) is 9.31 Å². The van der Waals surface area contributed by atoms with Gasteiger partial charge in [-0.15, -0.1) is 0 Å². The highest BCUT2D eigenvalue weighted by molar-refractivity contribution is 6.43. The number of allylic oxidation sites excluding steroid dienone is 4. The fourth-order valence-corrected chi connectivity index (χ4v) is 1.53. The van der Waals surface area contributed by atoms with E-state index in [1.807, 2.05) is 20.7 Å². The van der Waals surface area contributed by atoms with E-state index in [0.29, 0.717) is 0 Å². The molecule has 1 aliphatic heterocycles. The van der Waals surface area contributed by atoms with Crippen LogP contribution in [-0.4, -0.2) is 18.3 Å². The van der Waals surface area contributed by atoms with Gasteiger partial charge in [0.15, 0.2) is 0 Å². The molecule has 1 saturated heterocycles. The summed E-state index contributed by atoms with van der Waals surface area (Å²) in [5.74, 6) is 0. The third-order valence-electron chi connectivity index (χ3n) is 3.03. The molecule has 1 fully saturated rings. The zero-order valence-electron chi connectivity index (χ0n) is 12.4. The van der Waals surface area contributed by atoms with Crippen LogP contribution in [0, 0.1) is 0 Å². The van der Waals surface area contributed by atoms with E-state index in [1.54, 1.807) is 0 Å². The first-order valence-corrected chi connectivity index (χ1v) is 6.52. The van der Waals surface area contributed by atoms with Crippen LogP contribution in [0.3, 0.4) is 0 Å². The summed E-state index contributed by atoms with van der Waals surface area (Å²) >= 11 is 0. The second-order valence-electron chi connectivity index (χ2n) is 4.92. The molecule has 98 valence electrons. The predicted molar refractivity (Wildman–Crippen MR) is 76.2 cm³/mol. The van der Waals surface area contributed by atoms with Gasteiger partial charge >= 0.3 is 7.12 Å². The SMILES string of the molecule is C1=CCC=C1.CB1OC(C)(C)C(C)(C)O1.CC. The monoisotopic (exact) mass is 238 g/mol. The second kappa shape index (κ2) is 7.02. The number of hydrogen-bond acceptors (Lipinski definition) is 2. The molecule has 0 saturated carbocycles. The van der Waals surface area contributed by atoms with E-state index in [0.717, 1.165) is 6.42 Å². The van der Waals surface area contributed by atoms with Crippen LogP contribution >= 0.6 is 0 Å². The Morgan fingerprint density at radius 3 is 1.35 bits per heavy atom. The first kappa shape index (κ1) is 16.5. The minimum absolute atomic E-state index is 0.0648. The van der Waals surface area contributed by atoms with Crippen molar-refractivity contribution >= 4 is 7.12 Å². The molecule has 0 aromatic carbocycles. The smallest absolute Gasteiger partial charge is 0.403 e. The van der Waals surface area contributed by atoms with Gasteiger partial charge < -0.3 is 9.31 Å². The van der Waals surface area contributed by atoms with Crippen molar-refractivity contribution in [2.24, 2.45) is 0 Å². The first-order chi connectivity index (χ1) is 7.85. The van der Waals surface area contributed by atoms with Crippen molar-refractivity contribution in [2.75, 3.05) is 0 Å². The second-order valence-corrected chi connectivity index (χ2v) is 4.92. The summed E-state index contributed by atoms with van der Waals surface area (Å²) in [6, 6.07) is 0. The van der Waals surface area contributed by atoms with Crippen molar-refractivity contribution in [1.29, 1.82) is 0 Å². The Hall–Kier alpha value is -0.535. The van der Waals surface area contributed by atoms with E-state index >= 15 is 0 Å². The molecule has 0 radical (unpaired) electrons. The standard InChI is InChI=1S/C7H15BO2.C5H6.C2H6/c1-6(2)7(3,4)10-8(5)9-6;1-2-4-5-3-1;1-2/h1-5H3;1-4H,5H2;1-2H3. The van der Waals surface area contributed by atoms with Crippen LogP contribution in [0.1, 0.15) is 48.0 Å². The lowest BCUT2D eigenvalue weighted by Gasteiger charge is -2.32. The summed E-state index contributed by atoms with van der Waals surface area (Å²) in [7, 11) is -0.0648. The summed E-state index contributed by atoms with van der Waals surface area (Å²) in [5.41, 5.74) is -0.321. The molecule has 17 heavy (non-hydrogen) atoms. The Labute approximate surface area is 107 Å². The van der Waals surface area contributed by atoms with Crippen molar-refractivity contribution in [1.82, 2.24) is 0 Å². The highest BCUT2D eigenvalue weighted by atomic mass is 16.7. The molecule has 0 spiro atoms. The molecule has 0 N–H and O–H groups in total. The molecule has 0 bridgehead atoms. The third kappa shape index (κ3) is 5.09. The maximum Gasteiger partial charge on any atom is 0.454 e. The molecule has 0 aromatic heterocycles. The van der Waals surface area contributed by atoms with Crippen LogP contribution < -0.4 is 0 Å². The molecule has 2 rings (SSSR count). The normalized spacial score (nSPS) is 22.6. The summed E-state index contributed by atoms with van der Waals surface area (Å²) in [6.07, 6.45) is 9.50. The third-order valence-corrected chi connectivity index (χ3v) is 3.03. The zero-order valence-corrected chi connectivity index (χ0v) is 12.4. The van der Waals surface area contributed by atoms with Crippen LogP contribution in [0.25, 0.3) is 0 Å². The Morgan fingerprint density at radius 2 is 1.24 bits per heavy atom. The average molecular weight is 238 g/mol. The molecular weight excluding hydrogens is 211 g/mol. The Morgan fingerprint density at radius 1 is 0.882 bits per heavy atom. The number of hydrogen-bond donors (Lipinski definition) is 0. The van der Waals surface area contributed by atoms with Crippen molar-refractivity contribution in [3.05, 3.63) is 24.3 Å². The number of rotatable bonds is 0. The van der Waals surface area contributed by atoms with Crippen LogP contribution in [-0.2, 0) is 9.31 Å². The average Bonchev–Trinajstić information content (AvgIpc) is 2.80. The summed E-state index contributed by atoms with van der Waals surface area (Å²) in [5, 5.41) is 0. The lowest BCUT2D eigenvalue weighted by molar-refractivity contribution is 0.00578. The topological polar surface area (TPSA) is 18.5 Å². The molecule has 0 aromatic rings. The minimum atomic E-state index is -0.160. The summed E-state index contributed by atoms with van der Waals surface area (Å²) < 4.78 is 11.1. The van der Waals surface area contributed by atoms with Gasteiger partial charge in [0.05, 0.1) is 11.2 Å². The van der Waals surface area contributed by atoms with Gasteiger partial charge in [0.1, 0.15) is 0 Å². The van der Waals surface area contributed by atoms with Gasteiger partial charge in [0, 0.05) is 0 Å². The van der Waals surface area contributed by atoms with Gasteiger partial charge in [-0.2, -0.15) is 0 Å². The van der Waals surface area contributed by atoms with Crippen molar-refractivity contribution < 1.29 is 9.31 Å². The van der Waals surface area contributed by atoms with Gasteiger partial charge in [-0.3, -0.25) is 0 Å². The predicted octanol–water partition coefficient (Wildman–Crippen LogP) is 4.24. The molecular formula is C14H27BO2. The summed E-state index contributed by atoms with van der Waals surface area (Å²) in [4.78, 5) is 0. The van der Waals surface area contributed by atoms with E-state index < -0.39 is 0 Å². The maximum atomic E-state index is 5.54. The lowest BCUT2D eigenvalue weighted by Crippen LogP contribution is -2.41. The van der Waals surface area contributed by atoms with E-state index in [9.17, 15) is 0 Å². The van der Waals surface area contributed by atoms with Crippen LogP contribution in [0.4, 0.5) is 0 Å². The summed E-state index contributed by atoms with van der Waals surface area (Å²) in [6.45, 7) is 14.1. The molecule has 1 aliphatic carbocycles. The highest BCUT2D eigenvalue weighted by Gasteiger charge is 2.48. The highest BCUT2D eigenvalue weighted by Crippen LogP contribution is 2.36. The minimum Gasteiger partial charge on any atom is -0.403 e. The first-order valence-electron chi connectivity index (χ1n) is 6.52. The van der Waals surface area contributed by atoms with Crippen LogP contribution in [0.5, 0.6) is 0 Å². The van der Waals surface area contributed by atoms with Crippen LogP contribution in [0.2, 0.25) is 6.82 Å². The maximum absolute atomic E-state index is 5.54. The van der Waals surface area contributed by atoms with E-state index in [2.05, 4.69) is 52.0 Å². The van der Waals surface area contributed by atoms with Crippen LogP contribution in [0.15, 0.2) is 24.3 Å². The largest absolute Gasteiger partial charge is 0.454 e. The molecule has 2 aliphatic rings. The van der Waals surface area contributed by atoms with E-state index in [-0.39, 0.29) is 18.3 Å². The Balaban J connectivity index is 0.000000306. The van der Waals surface area contributed by atoms with Crippen molar-refractivity contribution in [3.63, 3.8) is 0 Å². The lowest BCUT2D eigenvalue weighted by atomic mass is 9.90. The zero-order chi connectivity index (χ0) is 13.5. The van der Waals surface area contributed by atoms with E-state index in [1.165, 1.54) is 0 Å². The van der Waals surface area contributed by atoms with Crippen molar-refractivity contribution in [2.45, 2.75) is 66.0 Å². The Kier molecular flexibility index (Phi) is 6.80. The van der Waals surface area contributed by atoms with Crippen molar-refractivity contribution in [3.8, 4) is 0 Å². The molecule has 2 nitrogen and oxygen atoms in total. The Bertz CT molecular complexity index is 241. The van der Waals surface area contributed by atoms with Gasteiger partial charge in [-0.25, -0.2) is 0 Å². The quantitative estimate of drug-likeness (QED) is 0.588. The fourth-order valence-electron chi connectivity index (χ4n) is 1.53. The van der Waals surface area contributed by atoms with Gasteiger partial charge in [0.25, 0.3) is 0 Å². The van der Waals surface area contributed by atoms with Gasteiger partial charge in [-0.05, 0) is 40.9 Å².